The number of methoxy groups -OCH3 is 1. The first-order valence-electron chi connectivity index (χ1n) is 5.94. The highest BCUT2D eigenvalue weighted by molar-refractivity contribution is 7.14. The molecule has 2 heterocycles. The van der Waals surface area contributed by atoms with Gasteiger partial charge in [-0.2, -0.15) is 0 Å². The van der Waals surface area contributed by atoms with Crippen LogP contribution < -0.4 is 10.1 Å². The quantitative estimate of drug-likeness (QED) is 0.800. The number of hydrogen-bond donors (Lipinski definition) is 1. The van der Waals surface area contributed by atoms with E-state index in [1.54, 1.807) is 18.0 Å². The molecule has 8 heteroatoms. The van der Waals surface area contributed by atoms with Crippen LogP contribution in [0.25, 0.3) is 10.6 Å². The van der Waals surface area contributed by atoms with Gasteiger partial charge in [-0.25, -0.2) is 4.98 Å². The normalized spacial score (nSPS) is 10.3. The zero-order valence-electron chi connectivity index (χ0n) is 10.9. The summed E-state index contributed by atoms with van der Waals surface area (Å²) in [6, 6.07) is 7.53. The molecule has 106 valence electrons. The number of hydrogen-bond acceptors (Lipinski definition) is 7. The van der Waals surface area contributed by atoms with Crippen LogP contribution in [0, 0.1) is 0 Å². The van der Waals surface area contributed by atoms with Crippen LogP contribution in [-0.4, -0.2) is 28.2 Å². The van der Waals surface area contributed by atoms with Gasteiger partial charge in [-0.05, 0) is 24.3 Å². The van der Waals surface area contributed by atoms with Crippen LogP contribution in [0.15, 0.2) is 35.2 Å². The lowest BCUT2D eigenvalue weighted by molar-refractivity contribution is 0.102. The van der Waals surface area contributed by atoms with E-state index in [0.29, 0.717) is 10.8 Å². The van der Waals surface area contributed by atoms with E-state index in [9.17, 15) is 4.79 Å². The van der Waals surface area contributed by atoms with Crippen LogP contribution in [0.4, 0.5) is 5.13 Å². The zero-order chi connectivity index (χ0) is 14.7. The van der Waals surface area contributed by atoms with Crippen LogP contribution in [-0.2, 0) is 0 Å². The van der Waals surface area contributed by atoms with Gasteiger partial charge in [-0.3, -0.25) is 10.1 Å². The minimum atomic E-state index is -0.289. The summed E-state index contributed by atoms with van der Waals surface area (Å²) < 4.78 is 5.11. The van der Waals surface area contributed by atoms with Gasteiger partial charge in [-0.15, -0.1) is 21.5 Å². The molecule has 3 rings (SSSR count). The number of carbonyl (C=O) groups excluding carboxylic acids is 1. The number of anilines is 1. The Kier molecular flexibility index (Phi) is 3.89. The van der Waals surface area contributed by atoms with Gasteiger partial charge in [0.2, 0.25) is 5.13 Å². The van der Waals surface area contributed by atoms with Gasteiger partial charge in [0.15, 0.2) is 0 Å². The standard InChI is InChI=1S/C13H10N4O2S2/c1-19-9-4-2-8(3-5-9)12-15-10(6-20-12)11(18)16-13-17-14-7-21-13/h2-7H,1H3,(H,16,17,18). The maximum Gasteiger partial charge on any atom is 0.276 e. The molecule has 0 saturated carbocycles. The Balaban J connectivity index is 1.77. The molecule has 0 fully saturated rings. The topological polar surface area (TPSA) is 77.0 Å². The fourth-order valence-electron chi connectivity index (χ4n) is 1.63. The summed E-state index contributed by atoms with van der Waals surface area (Å²) in [5.41, 5.74) is 2.86. The van der Waals surface area contributed by atoms with E-state index in [0.717, 1.165) is 16.3 Å². The first kappa shape index (κ1) is 13.7. The SMILES string of the molecule is COc1ccc(-c2nc(C(=O)Nc3nncs3)cs2)cc1. The van der Waals surface area contributed by atoms with E-state index in [1.807, 2.05) is 24.3 Å². The van der Waals surface area contributed by atoms with Crippen LogP contribution in [0.3, 0.4) is 0 Å². The lowest BCUT2D eigenvalue weighted by Crippen LogP contribution is -2.12. The van der Waals surface area contributed by atoms with Crippen molar-refractivity contribution in [3.63, 3.8) is 0 Å². The van der Waals surface area contributed by atoms with Crippen molar-refractivity contribution in [2.45, 2.75) is 0 Å². The van der Waals surface area contributed by atoms with E-state index >= 15 is 0 Å². The van der Waals surface area contributed by atoms with E-state index in [1.165, 1.54) is 22.7 Å². The number of amides is 1. The molecule has 0 radical (unpaired) electrons. The lowest BCUT2D eigenvalue weighted by atomic mass is 10.2. The van der Waals surface area contributed by atoms with Crippen molar-refractivity contribution in [3.05, 3.63) is 40.8 Å². The Bertz CT molecular complexity index is 738. The summed E-state index contributed by atoms with van der Waals surface area (Å²) in [7, 11) is 1.62. The first-order valence-corrected chi connectivity index (χ1v) is 7.69. The van der Waals surface area contributed by atoms with Gasteiger partial charge in [0.05, 0.1) is 7.11 Å². The molecule has 0 aliphatic heterocycles. The second kappa shape index (κ2) is 5.98. The number of thiazole rings is 1. The van der Waals surface area contributed by atoms with Crippen molar-refractivity contribution in [1.82, 2.24) is 15.2 Å². The summed E-state index contributed by atoms with van der Waals surface area (Å²) in [6.07, 6.45) is 0. The van der Waals surface area contributed by atoms with Gasteiger partial charge in [0.1, 0.15) is 22.0 Å². The van der Waals surface area contributed by atoms with Gasteiger partial charge in [0.25, 0.3) is 5.91 Å². The highest BCUT2D eigenvalue weighted by Crippen LogP contribution is 2.26. The predicted molar refractivity (Wildman–Crippen MR) is 82.0 cm³/mol. The molecule has 6 nitrogen and oxygen atoms in total. The van der Waals surface area contributed by atoms with Crippen molar-refractivity contribution in [3.8, 4) is 16.3 Å². The average molecular weight is 318 g/mol. The van der Waals surface area contributed by atoms with E-state index in [4.69, 9.17) is 4.74 Å². The van der Waals surface area contributed by atoms with Crippen molar-refractivity contribution in [2.24, 2.45) is 0 Å². The molecule has 21 heavy (non-hydrogen) atoms. The third-order valence-electron chi connectivity index (χ3n) is 2.65. The third-order valence-corrected chi connectivity index (χ3v) is 4.15. The summed E-state index contributed by atoms with van der Waals surface area (Å²) >= 11 is 2.67. The molecule has 1 amide bonds. The fourth-order valence-corrected chi connectivity index (χ4v) is 2.88. The predicted octanol–water partition coefficient (Wildman–Crippen LogP) is 2.92. The molecule has 0 atom stereocenters. The summed E-state index contributed by atoms with van der Waals surface area (Å²) in [6.45, 7) is 0. The Morgan fingerprint density at radius 1 is 1.24 bits per heavy atom. The maximum atomic E-state index is 12.0. The molecule has 0 aliphatic carbocycles. The number of nitrogens with zero attached hydrogens (tertiary/aromatic N) is 3. The molecule has 0 bridgehead atoms. The molecule has 0 saturated heterocycles. The molecular weight excluding hydrogens is 308 g/mol. The molecule has 0 unspecified atom stereocenters. The van der Waals surface area contributed by atoms with Crippen LogP contribution in [0.2, 0.25) is 0 Å². The molecule has 1 N–H and O–H groups in total. The molecule has 3 aromatic rings. The Morgan fingerprint density at radius 3 is 2.71 bits per heavy atom. The highest BCUT2D eigenvalue weighted by Gasteiger charge is 2.13. The Morgan fingerprint density at radius 2 is 2.05 bits per heavy atom. The number of aromatic nitrogens is 3. The van der Waals surface area contributed by atoms with Crippen molar-refractivity contribution >= 4 is 33.7 Å². The second-order valence-electron chi connectivity index (χ2n) is 3.96. The number of nitrogens with one attached hydrogen (secondary N) is 1. The van der Waals surface area contributed by atoms with Gasteiger partial charge in [-0.1, -0.05) is 11.3 Å². The van der Waals surface area contributed by atoms with E-state index < -0.39 is 0 Å². The van der Waals surface area contributed by atoms with Crippen molar-refractivity contribution in [2.75, 3.05) is 12.4 Å². The third kappa shape index (κ3) is 3.06. The number of ether oxygens (including phenoxy) is 1. The minimum Gasteiger partial charge on any atom is -0.497 e. The Labute approximate surface area is 128 Å². The smallest absolute Gasteiger partial charge is 0.276 e. The molecule has 1 aromatic carbocycles. The molecule has 0 spiro atoms. The maximum absolute atomic E-state index is 12.0. The van der Waals surface area contributed by atoms with Gasteiger partial charge < -0.3 is 4.74 Å². The Hall–Kier alpha value is -2.32. The largest absolute Gasteiger partial charge is 0.497 e. The van der Waals surface area contributed by atoms with Crippen LogP contribution in [0.5, 0.6) is 5.75 Å². The van der Waals surface area contributed by atoms with E-state index in [-0.39, 0.29) is 5.91 Å². The first-order chi connectivity index (χ1) is 10.3. The number of carbonyl (C=O) groups is 1. The lowest BCUT2D eigenvalue weighted by Gasteiger charge is -2.00. The van der Waals surface area contributed by atoms with Gasteiger partial charge in [0, 0.05) is 10.9 Å². The molecular formula is C13H10N4O2S2. The van der Waals surface area contributed by atoms with Crippen molar-refractivity contribution in [1.29, 1.82) is 0 Å². The van der Waals surface area contributed by atoms with E-state index in [2.05, 4.69) is 20.5 Å². The summed E-state index contributed by atoms with van der Waals surface area (Å²) in [4.78, 5) is 16.3. The zero-order valence-corrected chi connectivity index (χ0v) is 12.6. The van der Waals surface area contributed by atoms with Crippen LogP contribution in [0.1, 0.15) is 10.5 Å². The number of rotatable bonds is 4. The second-order valence-corrected chi connectivity index (χ2v) is 5.66. The number of benzene rings is 1. The summed E-state index contributed by atoms with van der Waals surface area (Å²) in [5, 5.41) is 13.0. The average Bonchev–Trinajstić information content (AvgIpc) is 3.18. The summed E-state index contributed by atoms with van der Waals surface area (Å²) in [5.74, 6) is 0.493. The molecule has 0 aliphatic rings. The van der Waals surface area contributed by atoms with Crippen molar-refractivity contribution < 1.29 is 9.53 Å². The minimum absolute atomic E-state index is 0.289. The fraction of sp³-hybridized carbons (Fsp3) is 0.0769. The van der Waals surface area contributed by atoms with Gasteiger partial charge >= 0.3 is 0 Å². The van der Waals surface area contributed by atoms with Crippen LogP contribution >= 0.6 is 22.7 Å². The molecule has 2 aromatic heterocycles. The monoisotopic (exact) mass is 318 g/mol. The highest BCUT2D eigenvalue weighted by atomic mass is 32.1.